The molecule has 0 aliphatic carbocycles. The van der Waals surface area contributed by atoms with Crippen LogP contribution in [0.15, 0.2) is 10.5 Å². The average Bonchev–Trinajstić information content (AvgIpc) is 2.30. The van der Waals surface area contributed by atoms with E-state index in [0.29, 0.717) is 6.07 Å². The number of aromatic nitrogens is 1. The summed E-state index contributed by atoms with van der Waals surface area (Å²) in [5.41, 5.74) is -0.748. The summed E-state index contributed by atoms with van der Waals surface area (Å²) in [6, 6.07) is 0.662. The standard InChI is InChI=1S/C9H7BrF2N2O4/c1-18-7(15)3-5-8(10)4(9(11)12)2-6(13-5)14(16)17/h2,9H,3H2,1H3. The fraction of sp³-hybridized carbons (Fsp3) is 0.333. The van der Waals surface area contributed by atoms with Crippen molar-refractivity contribution in [2.75, 3.05) is 7.11 Å². The van der Waals surface area contributed by atoms with E-state index in [9.17, 15) is 23.7 Å². The van der Waals surface area contributed by atoms with Crippen molar-refractivity contribution in [1.29, 1.82) is 0 Å². The normalized spacial score (nSPS) is 10.5. The second-order valence-electron chi connectivity index (χ2n) is 3.14. The first-order valence-electron chi connectivity index (χ1n) is 4.55. The van der Waals surface area contributed by atoms with Crippen LogP contribution in [0.3, 0.4) is 0 Å². The number of nitro groups is 1. The van der Waals surface area contributed by atoms with E-state index in [-0.39, 0.29) is 10.2 Å². The van der Waals surface area contributed by atoms with E-state index in [2.05, 4.69) is 25.7 Å². The molecule has 1 aromatic rings. The monoisotopic (exact) mass is 324 g/mol. The van der Waals surface area contributed by atoms with E-state index in [4.69, 9.17) is 0 Å². The van der Waals surface area contributed by atoms with Gasteiger partial charge in [-0.25, -0.2) is 8.78 Å². The molecular formula is C9H7BrF2N2O4. The molecule has 0 radical (unpaired) electrons. The third kappa shape index (κ3) is 3.19. The van der Waals surface area contributed by atoms with Crippen LogP contribution in [-0.2, 0) is 16.0 Å². The molecular weight excluding hydrogens is 318 g/mol. The van der Waals surface area contributed by atoms with Crippen LogP contribution in [0.2, 0.25) is 0 Å². The molecule has 0 saturated carbocycles. The number of methoxy groups -OCH3 is 1. The highest BCUT2D eigenvalue weighted by Gasteiger charge is 2.25. The van der Waals surface area contributed by atoms with Gasteiger partial charge in [0.25, 0.3) is 6.43 Å². The zero-order valence-electron chi connectivity index (χ0n) is 9.02. The van der Waals surface area contributed by atoms with Crippen LogP contribution in [-0.4, -0.2) is 23.0 Å². The lowest BCUT2D eigenvalue weighted by Crippen LogP contribution is -2.09. The lowest BCUT2D eigenvalue weighted by atomic mass is 10.2. The average molecular weight is 325 g/mol. The maximum atomic E-state index is 12.7. The Hall–Kier alpha value is -1.64. The Labute approximate surface area is 108 Å². The second kappa shape index (κ2) is 5.80. The van der Waals surface area contributed by atoms with Gasteiger partial charge in [0.1, 0.15) is 6.42 Å². The van der Waals surface area contributed by atoms with Crippen molar-refractivity contribution in [1.82, 2.24) is 4.98 Å². The summed E-state index contributed by atoms with van der Waals surface area (Å²) in [7, 11) is 1.11. The van der Waals surface area contributed by atoms with E-state index in [1.54, 1.807) is 0 Å². The van der Waals surface area contributed by atoms with Gasteiger partial charge in [-0.2, -0.15) is 0 Å². The van der Waals surface area contributed by atoms with Crippen molar-refractivity contribution < 1.29 is 23.2 Å². The largest absolute Gasteiger partial charge is 0.469 e. The number of esters is 1. The SMILES string of the molecule is COC(=O)Cc1nc([N+](=O)[O-])cc(C(F)F)c1Br. The molecule has 98 valence electrons. The molecule has 9 heteroatoms. The number of hydrogen-bond donors (Lipinski definition) is 0. The molecule has 0 aromatic carbocycles. The van der Waals surface area contributed by atoms with Crippen molar-refractivity contribution in [3.05, 3.63) is 31.9 Å². The van der Waals surface area contributed by atoms with Gasteiger partial charge in [0, 0.05) is 11.6 Å². The van der Waals surface area contributed by atoms with Gasteiger partial charge in [0.15, 0.2) is 5.69 Å². The summed E-state index contributed by atoms with van der Waals surface area (Å²) in [5.74, 6) is -1.48. The number of nitrogens with zero attached hydrogens (tertiary/aromatic N) is 2. The molecule has 0 spiro atoms. The van der Waals surface area contributed by atoms with Crippen LogP contribution in [0.25, 0.3) is 0 Å². The number of pyridine rings is 1. The Morgan fingerprint density at radius 1 is 1.67 bits per heavy atom. The first-order valence-corrected chi connectivity index (χ1v) is 5.34. The molecule has 0 N–H and O–H groups in total. The Bertz CT molecular complexity index is 496. The molecule has 0 aliphatic rings. The molecule has 0 atom stereocenters. The summed E-state index contributed by atoms with van der Waals surface area (Å²) >= 11 is 2.85. The van der Waals surface area contributed by atoms with Gasteiger partial charge in [-0.3, -0.25) is 4.79 Å². The first kappa shape index (κ1) is 14.4. The maximum absolute atomic E-state index is 12.7. The van der Waals surface area contributed by atoms with E-state index >= 15 is 0 Å². The summed E-state index contributed by atoms with van der Waals surface area (Å²) < 4.78 is 29.6. The molecule has 0 saturated heterocycles. The van der Waals surface area contributed by atoms with Gasteiger partial charge in [-0.1, -0.05) is 0 Å². The molecule has 1 rings (SSSR count). The smallest absolute Gasteiger partial charge is 0.364 e. The van der Waals surface area contributed by atoms with Crippen molar-refractivity contribution in [2.45, 2.75) is 12.8 Å². The van der Waals surface area contributed by atoms with Gasteiger partial charge in [-0.05, 0) is 25.8 Å². The summed E-state index contributed by atoms with van der Waals surface area (Å²) in [6.07, 6.45) is -3.35. The van der Waals surface area contributed by atoms with Crippen LogP contribution in [0.1, 0.15) is 17.7 Å². The Kier molecular flexibility index (Phi) is 4.65. The number of rotatable bonds is 4. The van der Waals surface area contributed by atoms with Gasteiger partial charge >= 0.3 is 11.8 Å². The molecule has 1 aromatic heterocycles. The number of hydrogen-bond acceptors (Lipinski definition) is 5. The van der Waals surface area contributed by atoms with Crippen molar-refractivity contribution in [3.8, 4) is 0 Å². The molecule has 18 heavy (non-hydrogen) atoms. The summed E-state index contributed by atoms with van der Waals surface area (Å²) in [4.78, 5) is 24.2. The van der Waals surface area contributed by atoms with E-state index < -0.39 is 35.1 Å². The zero-order valence-corrected chi connectivity index (χ0v) is 10.6. The molecule has 0 aliphatic heterocycles. The first-order chi connectivity index (χ1) is 8.36. The minimum Gasteiger partial charge on any atom is -0.469 e. The van der Waals surface area contributed by atoms with E-state index in [1.807, 2.05) is 0 Å². The predicted molar refractivity (Wildman–Crippen MR) is 59.3 cm³/mol. The van der Waals surface area contributed by atoms with Gasteiger partial charge in [-0.15, -0.1) is 0 Å². The Balaban J connectivity index is 3.31. The van der Waals surface area contributed by atoms with Crippen LogP contribution in [0.4, 0.5) is 14.6 Å². The van der Waals surface area contributed by atoms with Crippen LogP contribution >= 0.6 is 15.9 Å². The van der Waals surface area contributed by atoms with Gasteiger partial charge in [0.05, 0.1) is 11.6 Å². The molecule has 0 bridgehead atoms. The highest BCUT2D eigenvalue weighted by atomic mass is 79.9. The van der Waals surface area contributed by atoms with Gasteiger partial charge < -0.3 is 14.9 Å². The third-order valence-corrected chi connectivity index (χ3v) is 2.92. The molecule has 0 unspecified atom stereocenters. The number of carbonyl (C=O) groups excluding carboxylic acids is 1. The van der Waals surface area contributed by atoms with Crippen molar-refractivity contribution >= 4 is 27.7 Å². The summed E-state index contributed by atoms with van der Waals surface area (Å²) in [5, 5.41) is 10.6. The molecule has 1 heterocycles. The highest BCUT2D eigenvalue weighted by Crippen LogP contribution is 2.32. The minimum atomic E-state index is -2.92. The quantitative estimate of drug-likeness (QED) is 0.482. The van der Waals surface area contributed by atoms with E-state index in [1.165, 1.54) is 0 Å². The maximum Gasteiger partial charge on any atom is 0.364 e. The highest BCUT2D eigenvalue weighted by molar-refractivity contribution is 9.10. The number of ether oxygens (including phenoxy) is 1. The van der Waals surface area contributed by atoms with Crippen LogP contribution in [0, 0.1) is 10.1 Å². The fourth-order valence-electron chi connectivity index (χ4n) is 1.17. The summed E-state index contributed by atoms with van der Waals surface area (Å²) in [6.45, 7) is 0. The lowest BCUT2D eigenvalue weighted by Gasteiger charge is -2.05. The number of carbonyl (C=O) groups is 1. The Morgan fingerprint density at radius 3 is 2.72 bits per heavy atom. The van der Waals surface area contributed by atoms with Crippen LogP contribution < -0.4 is 0 Å². The second-order valence-corrected chi connectivity index (χ2v) is 3.93. The van der Waals surface area contributed by atoms with Crippen molar-refractivity contribution in [3.63, 3.8) is 0 Å². The lowest BCUT2D eigenvalue weighted by molar-refractivity contribution is -0.389. The zero-order chi connectivity index (χ0) is 13.9. The molecule has 0 fully saturated rings. The number of alkyl halides is 2. The number of halogens is 3. The fourth-order valence-corrected chi connectivity index (χ4v) is 1.68. The van der Waals surface area contributed by atoms with Crippen molar-refractivity contribution in [2.24, 2.45) is 0 Å². The molecule has 0 amide bonds. The predicted octanol–water partition coefficient (Wildman–Crippen LogP) is 2.41. The van der Waals surface area contributed by atoms with Gasteiger partial charge in [0.2, 0.25) is 0 Å². The Morgan fingerprint density at radius 2 is 2.28 bits per heavy atom. The van der Waals surface area contributed by atoms with Crippen LogP contribution in [0.5, 0.6) is 0 Å². The third-order valence-electron chi connectivity index (χ3n) is 2.00. The topological polar surface area (TPSA) is 82.3 Å². The minimum absolute atomic E-state index is 0.131. The molecule has 6 nitrogen and oxygen atoms in total. The van der Waals surface area contributed by atoms with E-state index in [0.717, 1.165) is 7.11 Å².